The largest absolute Gasteiger partial charge is 0.495 e. The Bertz CT molecular complexity index is 737. The molecule has 0 aliphatic carbocycles. The number of ether oxygens (including phenoxy) is 1. The predicted octanol–water partition coefficient (Wildman–Crippen LogP) is 2.65. The van der Waals surface area contributed by atoms with Gasteiger partial charge in [0.2, 0.25) is 0 Å². The molecule has 1 aliphatic rings. The predicted molar refractivity (Wildman–Crippen MR) is 82.7 cm³/mol. The summed E-state index contributed by atoms with van der Waals surface area (Å²) in [6.45, 7) is 1.05. The highest BCUT2D eigenvalue weighted by Crippen LogP contribution is 2.28. The lowest BCUT2D eigenvalue weighted by molar-refractivity contribution is 0.0696. The maximum absolute atomic E-state index is 12.6. The van der Waals surface area contributed by atoms with Crippen molar-refractivity contribution in [3.63, 3.8) is 0 Å². The highest BCUT2D eigenvalue weighted by molar-refractivity contribution is 7.12. The SMILES string of the molecule is COc1ccsc1C(=O)N1CCc2ccc(C(=O)O)cc2C1. The Morgan fingerprint density at radius 3 is 2.82 bits per heavy atom. The van der Waals surface area contributed by atoms with Crippen LogP contribution in [0.4, 0.5) is 0 Å². The van der Waals surface area contributed by atoms with Gasteiger partial charge in [0.25, 0.3) is 5.91 Å². The second-order valence-electron chi connectivity index (χ2n) is 5.08. The molecule has 0 unspecified atom stereocenters. The minimum absolute atomic E-state index is 0.0711. The van der Waals surface area contributed by atoms with Crippen LogP contribution in [0, 0.1) is 0 Å². The number of carboxylic acid groups (broad SMARTS) is 1. The van der Waals surface area contributed by atoms with E-state index in [9.17, 15) is 9.59 Å². The van der Waals surface area contributed by atoms with Gasteiger partial charge in [-0.2, -0.15) is 0 Å². The van der Waals surface area contributed by atoms with Gasteiger partial charge in [-0.25, -0.2) is 4.79 Å². The van der Waals surface area contributed by atoms with Gasteiger partial charge in [-0.1, -0.05) is 6.07 Å². The van der Waals surface area contributed by atoms with Crippen molar-refractivity contribution in [1.82, 2.24) is 4.90 Å². The third-order valence-corrected chi connectivity index (χ3v) is 4.68. The minimum Gasteiger partial charge on any atom is -0.495 e. The van der Waals surface area contributed by atoms with Crippen molar-refractivity contribution in [2.24, 2.45) is 0 Å². The van der Waals surface area contributed by atoms with E-state index in [4.69, 9.17) is 9.84 Å². The number of nitrogens with zero attached hydrogens (tertiary/aromatic N) is 1. The first-order valence-corrected chi connectivity index (χ1v) is 7.74. The molecular weight excluding hydrogens is 302 g/mol. The average Bonchev–Trinajstić information content (AvgIpc) is 3.01. The summed E-state index contributed by atoms with van der Waals surface area (Å²) in [6.07, 6.45) is 0.731. The topological polar surface area (TPSA) is 66.8 Å². The summed E-state index contributed by atoms with van der Waals surface area (Å²) in [5.41, 5.74) is 2.25. The number of carbonyl (C=O) groups excluding carboxylic acids is 1. The fourth-order valence-electron chi connectivity index (χ4n) is 2.62. The van der Waals surface area contributed by atoms with E-state index in [-0.39, 0.29) is 11.5 Å². The van der Waals surface area contributed by atoms with Crippen LogP contribution >= 0.6 is 11.3 Å². The molecule has 0 saturated heterocycles. The van der Waals surface area contributed by atoms with Crippen LogP contribution in [-0.4, -0.2) is 35.5 Å². The standard InChI is InChI=1S/C16H15NO4S/c1-21-13-5-7-22-14(13)15(18)17-6-4-10-2-3-11(16(19)20)8-12(10)9-17/h2-3,5,7-8H,4,6,9H2,1H3,(H,19,20). The molecule has 0 spiro atoms. The first-order chi connectivity index (χ1) is 10.6. The van der Waals surface area contributed by atoms with Crippen molar-refractivity contribution < 1.29 is 19.4 Å². The van der Waals surface area contributed by atoms with Crippen LogP contribution in [0.1, 0.15) is 31.2 Å². The molecule has 0 bridgehead atoms. The van der Waals surface area contributed by atoms with Crippen molar-refractivity contribution in [2.45, 2.75) is 13.0 Å². The fourth-order valence-corrected chi connectivity index (χ4v) is 3.45. The van der Waals surface area contributed by atoms with Crippen LogP contribution in [0.2, 0.25) is 0 Å². The van der Waals surface area contributed by atoms with E-state index in [1.54, 1.807) is 30.2 Å². The molecule has 22 heavy (non-hydrogen) atoms. The molecule has 6 heteroatoms. The Balaban J connectivity index is 1.86. The first kappa shape index (κ1) is 14.6. The summed E-state index contributed by atoms with van der Waals surface area (Å²) < 4.78 is 5.20. The molecule has 1 N–H and O–H groups in total. The molecular formula is C16H15NO4S. The zero-order valence-electron chi connectivity index (χ0n) is 12.0. The van der Waals surface area contributed by atoms with Gasteiger partial charge in [0.1, 0.15) is 10.6 Å². The van der Waals surface area contributed by atoms with Crippen molar-refractivity contribution in [3.05, 3.63) is 51.2 Å². The van der Waals surface area contributed by atoms with Crippen molar-refractivity contribution in [2.75, 3.05) is 13.7 Å². The molecule has 1 aromatic heterocycles. The maximum Gasteiger partial charge on any atom is 0.335 e. The smallest absolute Gasteiger partial charge is 0.335 e. The molecule has 0 atom stereocenters. The molecule has 0 fully saturated rings. The van der Waals surface area contributed by atoms with Crippen LogP contribution in [-0.2, 0) is 13.0 Å². The van der Waals surface area contributed by atoms with Gasteiger partial charge in [0.05, 0.1) is 12.7 Å². The van der Waals surface area contributed by atoms with Gasteiger partial charge in [-0.15, -0.1) is 11.3 Å². The number of hydrogen-bond acceptors (Lipinski definition) is 4. The minimum atomic E-state index is -0.953. The molecule has 0 radical (unpaired) electrons. The van der Waals surface area contributed by atoms with Crippen molar-refractivity contribution in [3.8, 4) is 5.75 Å². The molecule has 5 nitrogen and oxygen atoms in total. The average molecular weight is 317 g/mol. The lowest BCUT2D eigenvalue weighted by Gasteiger charge is -2.29. The molecule has 114 valence electrons. The van der Waals surface area contributed by atoms with E-state index in [0.717, 1.165) is 17.5 Å². The summed E-state index contributed by atoms with van der Waals surface area (Å²) in [7, 11) is 1.55. The van der Waals surface area contributed by atoms with E-state index < -0.39 is 5.97 Å². The first-order valence-electron chi connectivity index (χ1n) is 6.86. The number of benzene rings is 1. The van der Waals surface area contributed by atoms with E-state index in [1.807, 2.05) is 11.4 Å². The molecule has 1 aliphatic heterocycles. The normalized spacial score (nSPS) is 13.6. The summed E-state index contributed by atoms with van der Waals surface area (Å²) in [5, 5.41) is 10.9. The quantitative estimate of drug-likeness (QED) is 0.945. The van der Waals surface area contributed by atoms with Gasteiger partial charge >= 0.3 is 5.97 Å². The Morgan fingerprint density at radius 1 is 1.27 bits per heavy atom. The summed E-state index contributed by atoms with van der Waals surface area (Å²) in [5.74, 6) is -0.440. The number of amides is 1. The van der Waals surface area contributed by atoms with Crippen LogP contribution in [0.15, 0.2) is 29.6 Å². The van der Waals surface area contributed by atoms with Gasteiger partial charge in [0.15, 0.2) is 0 Å². The van der Waals surface area contributed by atoms with Gasteiger partial charge in [-0.3, -0.25) is 4.79 Å². The Hall–Kier alpha value is -2.34. The van der Waals surface area contributed by atoms with Crippen LogP contribution < -0.4 is 4.74 Å². The summed E-state index contributed by atoms with van der Waals surface area (Å²) in [4.78, 5) is 26.0. The van der Waals surface area contributed by atoms with Crippen LogP contribution in [0.5, 0.6) is 5.75 Å². The Labute approximate surface area is 131 Å². The fraction of sp³-hybridized carbons (Fsp3) is 0.250. The third kappa shape index (κ3) is 2.57. The van der Waals surface area contributed by atoms with Gasteiger partial charge in [0, 0.05) is 13.1 Å². The maximum atomic E-state index is 12.6. The van der Waals surface area contributed by atoms with E-state index in [0.29, 0.717) is 23.7 Å². The monoisotopic (exact) mass is 317 g/mol. The zero-order chi connectivity index (χ0) is 15.7. The Morgan fingerprint density at radius 2 is 2.09 bits per heavy atom. The number of carboxylic acids is 1. The summed E-state index contributed by atoms with van der Waals surface area (Å²) in [6, 6.07) is 6.88. The van der Waals surface area contributed by atoms with E-state index >= 15 is 0 Å². The molecule has 1 aromatic carbocycles. The van der Waals surface area contributed by atoms with Crippen molar-refractivity contribution in [1.29, 1.82) is 0 Å². The molecule has 3 rings (SSSR count). The van der Waals surface area contributed by atoms with Crippen molar-refractivity contribution >= 4 is 23.2 Å². The lowest BCUT2D eigenvalue weighted by Crippen LogP contribution is -2.35. The van der Waals surface area contributed by atoms with E-state index in [2.05, 4.69) is 0 Å². The second-order valence-corrected chi connectivity index (χ2v) is 6.00. The molecule has 2 aromatic rings. The number of thiophene rings is 1. The number of fused-ring (bicyclic) bond motifs is 1. The Kier molecular flexibility index (Phi) is 3.85. The van der Waals surface area contributed by atoms with Crippen LogP contribution in [0.3, 0.4) is 0 Å². The van der Waals surface area contributed by atoms with Crippen LogP contribution in [0.25, 0.3) is 0 Å². The molecule has 0 saturated carbocycles. The number of hydrogen-bond donors (Lipinski definition) is 1. The highest BCUT2D eigenvalue weighted by atomic mass is 32.1. The lowest BCUT2D eigenvalue weighted by atomic mass is 9.97. The third-order valence-electron chi connectivity index (χ3n) is 3.80. The van der Waals surface area contributed by atoms with Gasteiger partial charge in [-0.05, 0) is 41.1 Å². The highest BCUT2D eigenvalue weighted by Gasteiger charge is 2.25. The van der Waals surface area contributed by atoms with Gasteiger partial charge < -0.3 is 14.7 Å². The second kappa shape index (κ2) is 5.81. The summed E-state index contributed by atoms with van der Waals surface area (Å²) >= 11 is 1.35. The number of aromatic carboxylic acids is 1. The number of carbonyl (C=O) groups is 2. The number of methoxy groups -OCH3 is 1. The zero-order valence-corrected chi connectivity index (χ0v) is 12.9. The number of rotatable bonds is 3. The molecule has 1 amide bonds. The molecule has 2 heterocycles. The van der Waals surface area contributed by atoms with E-state index in [1.165, 1.54) is 11.3 Å².